The van der Waals surface area contributed by atoms with Gasteiger partial charge in [0, 0.05) is 18.1 Å². The van der Waals surface area contributed by atoms with Crippen molar-refractivity contribution in [2.45, 2.75) is 26.4 Å². The number of hydrogen-bond donors (Lipinski definition) is 0. The third-order valence-corrected chi connectivity index (χ3v) is 4.10. The number of ether oxygens (including phenoxy) is 1. The highest BCUT2D eigenvalue weighted by molar-refractivity contribution is 6.46. The summed E-state index contributed by atoms with van der Waals surface area (Å²) < 4.78 is 5.72. The molecule has 0 saturated carbocycles. The minimum absolute atomic E-state index is 0.374. The SMILES string of the molecule is COC(C(=O)C(=O)c1ccccc1)(c1ccccc1)C(C)(C)C. The molecule has 0 saturated heterocycles. The first-order valence-electron chi connectivity index (χ1n) is 7.59. The molecule has 0 aliphatic heterocycles. The molecule has 0 N–H and O–H groups in total. The van der Waals surface area contributed by atoms with Crippen LogP contribution in [-0.2, 0) is 15.1 Å². The van der Waals surface area contributed by atoms with E-state index in [0.29, 0.717) is 11.1 Å². The number of rotatable bonds is 5. The van der Waals surface area contributed by atoms with Gasteiger partial charge in [-0.3, -0.25) is 9.59 Å². The Labute approximate surface area is 137 Å². The van der Waals surface area contributed by atoms with Gasteiger partial charge in [0.1, 0.15) is 0 Å². The molecule has 23 heavy (non-hydrogen) atoms. The summed E-state index contributed by atoms with van der Waals surface area (Å²) in [5.41, 5.74) is -0.866. The van der Waals surface area contributed by atoms with Gasteiger partial charge in [-0.1, -0.05) is 81.4 Å². The Balaban J connectivity index is 2.59. The number of ketones is 2. The van der Waals surface area contributed by atoms with E-state index in [0.717, 1.165) is 0 Å². The Kier molecular flexibility index (Phi) is 4.81. The zero-order valence-corrected chi connectivity index (χ0v) is 14.0. The average molecular weight is 310 g/mol. The van der Waals surface area contributed by atoms with E-state index >= 15 is 0 Å². The monoisotopic (exact) mass is 310 g/mol. The van der Waals surface area contributed by atoms with Crippen LogP contribution in [0.2, 0.25) is 0 Å². The second-order valence-corrected chi connectivity index (χ2v) is 6.53. The summed E-state index contributed by atoms with van der Waals surface area (Å²) in [4.78, 5) is 25.9. The Morgan fingerprint density at radius 2 is 1.30 bits per heavy atom. The predicted octanol–water partition coefficient (Wildman–Crippen LogP) is 4.03. The molecule has 0 amide bonds. The lowest BCUT2D eigenvalue weighted by Crippen LogP contribution is -2.51. The number of Topliss-reactive ketones (excluding diaryl/α,β-unsaturated/α-hetero) is 2. The summed E-state index contributed by atoms with van der Waals surface area (Å²) in [5.74, 6) is -1.09. The molecule has 0 aromatic heterocycles. The van der Waals surface area contributed by atoms with Crippen LogP contribution in [0.25, 0.3) is 0 Å². The molecule has 0 aliphatic rings. The van der Waals surface area contributed by atoms with Gasteiger partial charge >= 0.3 is 0 Å². The first kappa shape index (κ1) is 17.1. The minimum atomic E-state index is -1.33. The number of hydrogen-bond acceptors (Lipinski definition) is 3. The van der Waals surface area contributed by atoms with E-state index in [1.165, 1.54) is 7.11 Å². The average Bonchev–Trinajstić information content (AvgIpc) is 2.55. The zero-order chi connectivity index (χ0) is 17.1. The van der Waals surface area contributed by atoms with Crippen molar-refractivity contribution in [3.63, 3.8) is 0 Å². The van der Waals surface area contributed by atoms with E-state index < -0.39 is 22.6 Å². The van der Waals surface area contributed by atoms with Crippen LogP contribution in [0, 0.1) is 5.41 Å². The molecule has 2 aromatic carbocycles. The van der Waals surface area contributed by atoms with Gasteiger partial charge in [-0.15, -0.1) is 0 Å². The number of benzene rings is 2. The van der Waals surface area contributed by atoms with Crippen molar-refractivity contribution in [1.82, 2.24) is 0 Å². The molecule has 0 aliphatic carbocycles. The van der Waals surface area contributed by atoms with Gasteiger partial charge in [-0.05, 0) is 5.56 Å². The van der Waals surface area contributed by atoms with Crippen molar-refractivity contribution in [1.29, 1.82) is 0 Å². The molecule has 2 rings (SSSR count). The maximum atomic E-state index is 13.2. The molecule has 0 heterocycles. The van der Waals surface area contributed by atoms with Crippen LogP contribution in [0.1, 0.15) is 36.7 Å². The van der Waals surface area contributed by atoms with E-state index in [9.17, 15) is 9.59 Å². The summed E-state index contributed by atoms with van der Waals surface area (Å²) >= 11 is 0. The largest absolute Gasteiger partial charge is 0.365 e. The Morgan fingerprint density at radius 1 is 0.826 bits per heavy atom. The summed E-state index contributed by atoms with van der Waals surface area (Å²) in [6.07, 6.45) is 0. The quantitative estimate of drug-likeness (QED) is 0.618. The van der Waals surface area contributed by atoms with E-state index in [1.54, 1.807) is 24.3 Å². The van der Waals surface area contributed by atoms with Crippen LogP contribution < -0.4 is 0 Å². The van der Waals surface area contributed by atoms with Gasteiger partial charge in [-0.2, -0.15) is 0 Å². The molecule has 3 nitrogen and oxygen atoms in total. The van der Waals surface area contributed by atoms with Gasteiger partial charge < -0.3 is 4.74 Å². The lowest BCUT2D eigenvalue weighted by atomic mass is 9.68. The van der Waals surface area contributed by atoms with Crippen LogP contribution in [0.15, 0.2) is 60.7 Å². The van der Waals surface area contributed by atoms with Crippen LogP contribution in [-0.4, -0.2) is 18.7 Å². The maximum absolute atomic E-state index is 13.2. The highest BCUT2D eigenvalue weighted by Crippen LogP contribution is 2.43. The molecule has 0 spiro atoms. The fourth-order valence-electron chi connectivity index (χ4n) is 2.97. The van der Waals surface area contributed by atoms with Crippen molar-refractivity contribution in [2.75, 3.05) is 7.11 Å². The number of methoxy groups -OCH3 is 1. The molecule has 1 unspecified atom stereocenters. The fraction of sp³-hybridized carbons (Fsp3) is 0.300. The van der Waals surface area contributed by atoms with Crippen molar-refractivity contribution >= 4 is 11.6 Å². The Hall–Kier alpha value is -2.26. The Morgan fingerprint density at radius 3 is 1.74 bits per heavy atom. The standard InChI is InChI=1S/C20H22O3/c1-19(2,3)20(23-4,16-13-9-6-10-14-16)18(22)17(21)15-11-7-5-8-12-15/h5-14H,1-4H3. The highest BCUT2D eigenvalue weighted by Gasteiger charge is 2.52. The molecule has 1 atom stereocenters. The first-order chi connectivity index (χ1) is 10.8. The second-order valence-electron chi connectivity index (χ2n) is 6.53. The van der Waals surface area contributed by atoms with Gasteiger partial charge in [0.15, 0.2) is 5.60 Å². The lowest BCUT2D eigenvalue weighted by Gasteiger charge is -2.42. The molecule has 120 valence electrons. The van der Waals surface area contributed by atoms with Crippen LogP contribution in [0.4, 0.5) is 0 Å². The fourth-order valence-corrected chi connectivity index (χ4v) is 2.97. The molecule has 0 bridgehead atoms. The third kappa shape index (κ3) is 2.97. The Bertz CT molecular complexity index is 684. The predicted molar refractivity (Wildman–Crippen MR) is 90.4 cm³/mol. The van der Waals surface area contributed by atoms with E-state index in [4.69, 9.17) is 4.74 Å². The molecule has 0 fully saturated rings. The van der Waals surface area contributed by atoms with Gasteiger partial charge in [0.2, 0.25) is 11.6 Å². The summed E-state index contributed by atoms with van der Waals surface area (Å²) in [6, 6.07) is 17.8. The van der Waals surface area contributed by atoms with Gasteiger partial charge in [-0.25, -0.2) is 0 Å². The smallest absolute Gasteiger partial charge is 0.240 e. The second kappa shape index (κ2) is 6.47. The minimum Gasteiger partial charge on any atom is -0.365 e. The van der Waals surface area contributed by atoms with Crippen molar-refractivity contribution in [3.05, 3.63) is 71.8 Å². The van der Waals surface area contributed by atoms with E-state index in [1.807, 2.05) is 57.2 Å². The van der Waals surface area contributed by atoms with Crippen molar-refractivity contribution in [2.24, 2.45) is 5.41 Å². The van der Waals surface area contributed by atoms with E-state index in [-0.39, 0.29) is 0 Å². The maximum Gasteiger partial charge on any atom is 0.240 e. The molecular formula is C20H22O3. The first-order valence-corrected chi connectivity index (χ1v) is 7.59. The molecule has 0 radical (unpaired) electrons. The zero-order valence-electron chi connectivity index (χ0n) is 14.0. The van der Waals surface area contributed by atoms with Crippen LogP contribution >= 0.6 is 0 Å². The molecular weight excluding hydrogens is 288 g/mol. The van der Waals surface area contributed by atoms with Crippen molar-refractivity contribution < 1.29 is 14.3 Å². The topological polar surface area (TPSA) is 43.4 Å². The highest BCUT2D eigenvalue weighted by atomic mass is 16.5. The lowest BCUT2D eigenvalue weighted by molar-refractivity contribution is -0.153. The molecule has 3 heteroatoms. The van der Waals surface area contributed by atoms with Crippen LogP contribution in [0.3, 0.4) is 0 Å². The summed E-state index contributed by atoms with van der Waals surface area (Å²) in [7, 11) is 1.48. The van der Waals surface area contributed by atoms with Crippen LogP contribution in [0.5, 0.6) is 0 Å². The number of carbonyl (C=O) groups excluding carboxylic acids is 2. The van der Waals surface area contributed by atoms with Gasteiger partial charge in [0.05, 0.1) is 0 Å². The number of carbonyl (C=O) groups is 2. The van der Waals surface area contributed by atoms with Crippen molar-refractivity contribution in [3.8, 4) is 0 Å². The normalized spacial score (nSPS) is 14.1. The summed E-state index contributed by atoms with van der Waals surface area (Å²) in [5, 5.41) is 0. The summed E-state index contributed by atoms with van der Waals surface area (Å²) in [6.45, 7) is 5.71. The molecule has 2 aromatic rings. The van der Waals surface area contributed by atoms with E-state index in [2.05, 4.69) is 0 Å². The van der Waals surface area contributed by atoms with Gasteiger partial charge in [0.25, 0.3) is 0 Å². The third-order valence-electron chi connectivity index (χ3n) is 4.10.